The predicted octanol–water partition coefficient (Wildman–Crippen LogP) is 4.11. The molecule has 0 N–H and O–H groups in total. The van der Waals surface area contributed by atoms with Crippen LogP contribution in [0.15, 0.2) is 42.5 Å². The third-order valence-corrected chi connectivity index (χ3v) is 3.39. The van der Waals surface area contributed by atoms with E-state index in [1.807, 2.05) is 38.1 Å². The summed E-state index contributed by atoms with van der Waals surface area (Å²) < 4.78 is 13.2. The van der Waals surface area contributed by atoms with Crippen molar-refractivity contribution >= 4 is 11.6 Å². The van der Waals surface area contributed by atoms with Crippen LogP contribution in [-0.4, -0.2) is 12.5 Å². The average Bonchev–Trinajstić information content (AvgIpc) is 2.41. The van der Waals surface area contributed by atoms with Crippen molar-refractivity contribution in [2.75, 3.05) is 11.4 Å². The van der Waals surface area contributed by atoms with Crippen LogP contribution < -0.4 is 4.90 Å². The highest BCUT2D eigenvalue weighted by molar-refractivity contribution is 6.07. The predicted molar refractivity (Wildman–Crippen MR) is 79.7 cm³/mol. The van der Waals surface area contributed by atoms with E-state index in [1.54, 1.807) is 17.9 Å². The van der Waals surface area contributed by atoms with Crippen LogP contribution in [0.4, 0.5) is 10.1 Å². The molecule has 0 heterocycles. The Morgan fingerprint density at radius 3 is 2.40 bits per heavy atom. The summed E-state index contributed by atoms with van der Waals surface area (Å²) in [5.41, 5.74) is 3.13. The number of anilines is 1. The van der Waals surface area contributed by atoms with Crippen LogP contribution in [0.25, 0.3) is 0 Å². The van der Waals surface area contributed by atoms with Gasteiger partial charge in [0.25, 0.3) is 5.91 Å². The van der Waals surface area contributed by atoms with Crippen molar-refractivity contribution < 1.29 is 9.18 Å². The van der Waals surface area contributed by atoms with Crippen LogP contribution in [0.1, 0.15) is 28.4 Å². The topological polar surface area (TPSA) is 20.3 Å². The number of halogens is 1. The van der Waals surface area contributed by atoms with Gasteiger partial charge in [-0.1, -0.05) is 18.2 Å². The van der Waals surface area contributed by atoms with Gasteiger partial charge in [0.05, 0.1) is 0 Å². The number of nitrogens with zero attached hydrogens (tertiary/aromatic N) is 1. The molecule has 0 aliphatic rings. The van der Waals surface area contributed by atoms with Gasteiger partial charge >= 0.3 is 0 Å². The van der Waals surface area contributed by atoms with Crippen molar-refractivity contribution in [1.29, 1.82) is 0 Å². The number of benzene rings is 2. The van der Waals surface area contributed by atoms with Crippen LogP contribution in [0.2, 0.25) is 0 Å². The standard InChI is InChI=1S/C17H18FNO/c1-4-19(16-8-6-5-7-12(16)2)17(20)15-10-9-14(18)11-13(15)3/h5-11H,4H2,1-3H3. The first-order chi connectivity index (χ1) is 9.54. The molecule has 2 aromatic rings. The van der Waals surface area contributed by atoms with Gasteiger partial charge in [-0.3, -0.25) is 4.79 Å². The van der Waals surface area contributed by atoms with Crippen LogP contribution in [0.5, 0.6) is 0 Å². The van der Waals surface area contributed by atoms with Gasteiger partial charge in [0.2, 0.25) is 0 Å². The van der Waals surface area contributed by atoms with Crippen LogP contribution in [-0.2, 0) is 0 Å². The van der Waals surface area contributed by atoms with E-state index in [0.717, 1.165) is 11.3 Å². The summed E-state index contributed by atoms with van der Waals surface area (Å²) in [6.07, 6.45) is 0. The fourth-order valence-corrected chi connectivity index (χ4v) is 2.30. The highest BCUT2D eigenvalue weighted by Gasteiger charge is 2.19. The molecule has 1 amide bonds. The number of carbonyl (C=O) groups excluding carboxylic acids is 1. The number of hydrogen-bond acceptors (Lipinski definition) is 1. The molecule has 0 saturated heterocycles. The highest BCUT2D eigenvalue weighted by atomic mass is 19.1. The molecule has 3 heteroatoms. The Labute approximate surface area is 118 Å². The van der Waals surface area contributed by atoms with Gasteiger partial charge in [0, 0.05) is 17.8 Å². The highest BCUT2D eigenvalue weighted by Crippen LogP contribution is 2.22. The Morgan fingerprint density at radius 2 is 1.80 bits per heavy atom. The first-order valence-corrected chi connectivity index (χ1v) is 6.68. The second-order valence-electron chi connectivity index (χ2n) is 4.80. The second kappa shape index (κ2) is 5.87. The monoisotopic (exact) mass is 271 g/mol. The molecule has 0 atom stereocenters. The largest absolute Gasteiger partial charge is 0.308 e. The molecule has 0 spiro atoms. The molecular formula is C17H18FNO. The van der Waals surface area contributed by atoms with Gasteiger partial charge in [-0.05, 0) is 56.2 Å². The maximum atomic E-state index is 13.2. The van der Waals surface area contributed by atoms with Gasteiger partial charge in [0.15, 0.2) is 0 Å². The maximum absolute atomic E-state index is 13.2. The minimum absolute atomic E-state index is 0.0979. The van der Waals surface area contributed by atoms with Crippen molar-refractivity contribution in [2.24, 2.45) is 0 Å². The zero-order valence-corrected chi connectivity index (χ0v) is 12.0. The zero-order valence-electron chi connectivity index (χ0n) is 12.0. The van der Waals surface area contributed by atoms with E-state index >= 15 is 0 Å². The molecule has 2 aromatic carbocycles. The number of hydrogen-bond donors (Lipinski definition) is 0. The van der Waals surface area contributed by atoms with Crippen LogP contribution in [0.3, 0.4) is 0 Å². The van der Waals surface area contributed by atoms with E-state index in [9.17, 15) is 9.18 Å². The summed E-state index contributed by atoms with van der Waals surface area (Å²) in [6.45, 7) is 6.23. The van der Waals surface area contributed by atoms with E-state index < -0.39 is 0 Å². The van der Waals surface area contributed by atoms with E-state index in [1.165, 1.54) is 12.1 Å². The minimum Gasteiger partial charge on any atom is -0.308 e. The summed E-state index contributed by atoms with van der Waals surface area (Å²) in [4.78, 5) is 14.4. The van der Waals surface area contributed by atoms with Crippen molar-refractivity contribution in [3.63, 3.8) is 0 Å². The van der Waals surface area contributed by atoms with Gasteiger partial charge in [-0.25, -0.2) is 4.39 Å². The summed E-state index contributed by atoms with van der Waals surface area (Å²) in [7, 11) is 0. The van der Waals surface area contributed by atoms with Crippen molar-refractivity contribution in [2.45, 2.75) is 20.8 Å². The molecule has 2 rings (SSSR count). The number of amides is 1. The molecule has 0 bridgehead atoms. The Balaban J connectivity index is 2.42. The molecule has 0 radical (unpaired) electrons. The SMILES string of the molecule is CCN(C(=O)c1ccc(F)cc1C)c1ccccc1C. The molecule has 0 fully saturated rings. The molecule has 0 aliphatic carbocycles. The third-order valence-electron chi connectivity index (χ3n) is 3.39. The summed E-state index contributed by atoms with van der Waals surface area (Å²) in [5.74, 6) is -0.419. The molecule has 2 nitrogen and oxygen atoms in total. The smallest absolute Gasteiger partial charge is 0.258 e. The summed E-state index contributed by atoms with van der Waals surface area (Å²) >= 11 is 0. The first-order valence-electron chi connectivity index (χ1n) is 6.68. The molecule has 0 saturated carbocycles. The molecule has 0 aliphatic heterocycles. The lowest BCUT2D eigenvalue weighted by molar-refractivity contribution is 0.0987. The van der Waals surface area contributed by atoms with Crippen molar-refractivity contribution in [3.8, 4) is 0 Å². The van der Waals surface area contributed by atoms with E-state index in [0.29, 0.717) is 17.7 Å². The summed E-state index contributed by atoms with van der Waals surface area (Å²) in [6, 6.07) is 12.0. The fourth-order valence-electron chi connectivity index (χ4n) is 2.30. The van der Waals surface area contributed by atoms with Crippen LogP contribution >= 0.6 is 0 Å². The summed E-state index contributed by atoms with van der Waals surface area (Å²) in [5, 5.41) is 0. The third kappa shape index (κ3) is 2.72. The van der Waals surface area contributed by atoms with E-state index in [4.69, 9.17) is 0 Å². The zero-order chi connectivity index (χ0) is 14.7. The van der Waals surface area contributed by atoms with E-state index in [-0.39, 0.29) is 11.7 Å². The lowest BCUT2D eigenvalue weighted by Gasteiger charge is -2.23. The molecular weight excluding hydrogens is 253 g/mol. The van der Waals surface area contributed by atoms with Crippen molar-refractivity contribution in [1.82, 2.24) is 0 Å². The molecule has 20 heavy (non-hydrogen) atoms. The minimum atomic E-state index is -0.321. The van der Waals surface area contributed by atoms with E-state index in [2.05, 4.69) is 0 Å². The molecule has 0 aromatic heterocycles. The Bertz CT molecular complexity index is 637. The Kier molecular flexibility index (Phi) is 4.18. The Hall–Kier alpha value is -2.16. The van der Waals surface area contributed by atoms with Gasteiger partial charge < -0.3 is 4.90 Å². The van der Waals surface area contributed by atoms with Gasteiger partial charge in [-0.2, -0.15) is 0 Å². The first kappa shape index (κ1) is 14.3. The molecule has 104 valence electrons. The Morgan fingerprint density at radius 1 is 1.10 bits per heavy atom. The molecule has 0 unspecified atom stereocenters. The van der Waals surface area contributed by atoms with Crippen LogP contribution in [0, 0.1) is 19.7 Å². The number of para-hydroxylation sites is 1. The number of aryl methyl sites for hydroxylation is 2. The number of rotatable bonds is 3. The lowest BCUT2D eigenvalue weighted by atomic mass is 10.1. The normalized spacial score (nSPS) is 10.4. The second-order valence-corrected chi connectivity index (χ2v) is 4.80. The van der Waals surface area contributed by atoms with Crippen molar-refractivity contribution in [3.05, 3.63) is 65.0 Å². The number of carbonyl (C=O) groups is 1. The average molecular weight is 271 g/mol. The van der Waals surface area contributed by atoms with Gasteiger partial charge in [0.1, 0.15) is 5.82 Å². The lowest BCUT2D eigenvalue weighted by Crippen LogP contribution is -2.31. The van der Waals surface area contributed by atoms with Gasteiger partial charge in [-0.15, -0.1) is 0 Å². The quantitative estimate of drug-likeness (QED) is 0.822. The maximum Gasteiger partial charge on any atom is 0.258 e. The fraction of sp³-hybridized carbons (Fsp3) is 0.235.